The molecule has 0 bridgehead atoms. The Balaban J connectivity index is 1.91. The lowest BCUT2D eigenvalue weighted by atomic mass is 10.3. The molecule has 1 heterocycles. The van der Waals surface area contributed by atoms with Gasteiger partial charge in [0.15, 0.2) is 12.4 Å². The minimum Gasteiger partial charge on any atom is -0.484 e. The maximum atomic E-state index is 12.1. The smallest absolute Gasteiger partial charge is 0.422 e. The Bertz CT molecular complexity index is 703. The van der Waals surface area contributed by atoms with Gasteiger partial charge in [-0.15, -0.1) is 0 Å². The van der Waals surface area contributed by atoms with Crippen molar-refractivity contribution < 1.29 is 27.2 Å². The fourth-order valence-corrected chi connectivity index (χ4v) is 1.74. The number of alkyl halides is 3. The molecule has 0 fully saturated rings. The third kappa shape index (κ3) is 5.45. The summed E-state index contributed by atoms with van der Waals surface area (Å²) in [6.07, 6.45) is -4.43. The van der Waals surface area contributed by atoms with E-state index in [1.165, 1.54) is 24.3 Å². The summed E-state index contributed by atoms with van der Waals surface area (Å²) in [6.45, 7) is 1.89. The van der Waals surface area contributed by atoms with E-state index in [0.29, 0.717) is 5.82 Å². The van der Waals surface area contributed by atoms with Crippen molar-refractivity contribution in [1.82, 2.24) is 15.5 Å². The third-order valence-corrected chi connectivity index (χ3v) is 2.76. The largest absolute Gasteiger partial charge is 0.484 e. The number of rotatable bonds is 5. The van der Waals surface area contributed by atoms with Crippen LogP contribution in [-0.2, 0) is 0 Å². The van der Waals surface area contributed by atoms with Gasteiger partial charge in [-0.25, -0.2) is 4.79 Å². The number of ether oxygens (including phenoxy) is 1. The summed E-state index contributed by atoms with van der Waals surface area (Å²) in [6, 6.07) is 4.52. The predicted octanol–water partition coefficient (Wildman–Crippen LogP) is 3.20. The van der Waals surface area contributed by atoms with Crippen LogP contribution < -0.4 is 15.4 Å². The second kappa shape index (κ2) is 7.20. The van der Waals surface area contributed by atoms with E-state index in [-0.39, 0.29) is 17.3 Å². The molecule has 0 saturated carbocycles. The molecule has 2 amide bonds. The van der Waals surface area contributed by atoms with Crippen LogP contribution in [0.1, 0.15) is 24.7 Å². The van der Waals surface area contributed by atoms with E-state index in [1.54, 1.807) is 13.8 Å². The number of anilines is 1. The lowest BCUT2D eigenvalue weighted by molar-refractivity contribution is -0.153. The highest BCUT2D eigenvalue weighted by molar-refractivity contribution is 5.89. The van der Waals surface area contributed by atoms with Crippen LogP contribution in [0, 0.1) is 6.92 Å². The molecular weight excluding hydrogens is 329 g/mol. The van der Waals surface area contributed by atoms with Gasteiger partial charge >= 0.3 is 12.2 Å². The summed E-state index contributed by atoms with van der Waals surface area (Å²) >= 11 is 0. The SMILES string of the molecule is Cc1noc([C@H](C)NC(=O)Nc2cccc(OCC(F)(F)F)c2)n1. The molecule has 1 atom stereocenters. The van der Waals surface area contributed by atoms with Crippen LogP contribution in [0.25, 0.3) is 0 Å². The monoisotopic (exact) mass is 344 g/mol. The molecule has 0 aliphatic heterocycles. The summed E-state index contributed by atoms with van der Waals surface area (Å²) in [5, 5.41) is 8.67. The molecule has 130 valence electrons. The predicted molar refractivity (Wildman–Crippen MR) is 77.6 cm³/mol. The zero-order valence-corrected chi connectivity index (χ0v) is 12.8. The van der Waals surface area contributed by atoms with Crippen molar-refractivity contribution in [1.29, 1.82) is 0 Å². The van der Waals surface area contributed by atoms with E-state index in [2.05, 4.69) is 25.5 Å². The standard InChI is InChI=1S/C14H15F3N4O3/c1-8(12-19-9(2)21-24-12)18-13(22)20-10-4-3-5-11(6-10)23-7-14(15,16)17/h3-6,8H,7H2,1-2H3,(H2,18,20,22)/t8-/m0/s1. The van der Waals surface area contributed by atoms with E-state index in [0.717, 1.165) is 0 Å². The summed E-state index contributed by atoms with van der Waals surface area (Å²) in [5.41, 5.74) is 0.279. The number of carbonyl (C=O) groups excluding carboxylic acids is 1. The van der Waals surface area contributed by atoms with Crippen molar-refractivity contribution in [3.8, 4) is 5.75 Å². The van der Waals surface area contributed by atoms with Gasteiger partial charge in [0.05, 0.1) is 0 Å². The Kier molecular flexibility index (Phi) is 5.27. The number of nitrogens with one attached hydrogen (secondary N) is 2. The maximum absolute atomic E-state index is 12.1. The van der Waals surface area contributed by atoms with Crippen LogP contribution >= 0.6 is 0 Å². The Hall–Kier alpha value is -2.78. The number of benzene rings is 1. The summed E-state index contributed by atoms with van der Waals surface area (Å²) in [5.74, 6) is 0.671. The highest BCUT2D eigenvalue weighted by Gasteiger charge is 2.28. The van der Waals surface area contributed by atoms with E-state index >= 15 is 0 Å². The first-order valence-corrected chi connectivity index (χ1v) is 6.90. The van der Waals surface area contributed by atoms with Gasteiger partial charge in [0.25, 0.3) is 0 Å². The first-order chi connectivity index (χ1) is 11.2. The number of halogens is 3. The molecule has 0 saturated heterocycles. The Morgan fingerprint density at radius 3 is 2.79 bits per heavy atom. The second-order valence-corrected chi connectivity index (χ2v) is 4.93. The molecule has 2 aromatic rings. The van der Waals surface area contributed by atoms with E-state index < -0.39 is 24.9 Å². The van der Waals surface area contributed by atoms with Crippen molar-refractivity contribution in [3.05, 3.63) is 36.0 Å². The maximum Gasteiger partial charge on any atom is 0.422 e. The topological polar surface area (TPSA) is 89.3 Å². The molecule has 0 aliphatic rings. The summed E-state index contributed by atoms with van der Waals surface area (Å²) < 4.78 is 45.9. The van der Waals surface area contributed by atoms with Crippen LogP contribution in [-0.4, -0.2) is 29.0 Å². The molecule has 2 N–H and O–H groups in total. The van der Waals surface area contributed by atoms with Crippen LogP contribution in [0.5, 0.6) is 5.75 Å². The van der Waals surface area contributed by atoms with Gasteiger partial charge in [0.2, 0.25) is 5.89 Å². The highest BCUT2D eigenvalue weighted by Crippen LogP contribution is 2.21. The number of carbonyl (C=O) groups is 1. The molecule has 0 spiro atoms. The number of hydrogen-bond donors (Lipinski definition) is 2. The summed E-state index contributed by atoms with van der Waals surface area (Å²) in [7, 11) is 0. The average Bonchev–Trinajstić information content (AvgIpc) is 2.91. The van der Waals surface area contributed by atoms with Crippen molar-refractivity contribution in [3.63, 3.8) is 0 Å². The van der Waals surface area contributed by atoms with Crippen LogP contribution in [0.15, 0.2) is 28.8 Å². The average molecular weight is 344 g/mol. The van der Waals surface area contributed by atoms with Crippen molar-refractivity contribution in [2.45, 2.75) is 26.1 Å². The second-order valence-electron chi connectivity index (χ2n) is 4.93. The zero-order valence-electron chi connectivity index (χ0n) is 12.8. The fraction of sp³-hybridized carbons (Fsp3) is 0.357. The fourth-order valence-electron chi connectivity index (χ4n) is 1.74. The Labute approximate surface area is 135 Å². The van der Waals surface area contributed by atoms with Crippen LogP contribution in [0.4, 0.5) is 23.7 Å². The number of urea groups is 1. The molecular formula is C14H15F3N4O3. The summed E-state index contributed by atoms with van der Waals surface area (Å²) in [4.78, 5) is 15.9. The van der Waals surface area contributed by atoms with Crippen molar-refractivity contribution in [2.24, 2.45) is 0 Å². The van der Waals surface area contributed by atoms with Gasteiger partial charge < -0.3 is 19.9 Å². The van der Waals surface area contributed by atoms with Gasteiger partial charge in [0, 0.05) is 11.8 Å². The van der Waals surface area contributed by atoms with Crippen molar-refractivity contribution in [2.75, 3.05) is 11.9 Å². The van der Waals surface area contributed by atoms with Gasteiger partial charge in [-0.3, -0.25) is 0 Å². The van der Waals surface area contributed by atoms with Crippen LogP contribution in [0.2, 0.25) is 0 Å². The molecule has 0 radical (unpaired) electrons. The van der Waals surface area contributed by atoms with Gasteiger partial charge in [-0.05, 0) is 26.0 Å². The quantitative estimate of drug-likeness (QED) is 0.869. The molecule has 7 nitrogen and oxygen atoms in total. The number of aryl methyl sites for hydroxylation is 1. The Morgan fingerprint density at radius 1 is 1.42 bits per heavy atom. The minimum atomic E-state index is -4.43. The van der Waals surface area contributed by atoms with E-state index in [4.69, 9.17) is 4.52 Å². The first kappa shape index (κ1) is 17.6. The van der Waals surface area contributed by atoms with Gasteiger partial charge in [0.1, 0.15) is 11.8 Å². The first-order valence-electron chi connectivity index (χ1n) is 6.90. The molecule has 1 aromatic heterocycles. The van der Waals surface area contributed by atoms with Crippen molar-refractivity contribution >= 4 is 11.7 Å². The third-order valence-electron chi connectivity index (χ3n) is 2.76. The molecule has 24 heavy (non-hydrogen) atoms. The lowest BCUT2D eigenvalue weighted by Gasteiger charge is -2.13. The molecule has 0 aliphatic carbocycles. The van der Waals surface area contributed by atoms with Crippen LogP contribution in [0.3, 0.4) is 0 Å². The highest BCUT2D eigenvalue weighted by atomic mass is 19.4. The molecule has 10 heteroatoms. The lowest BCUT2D eigenvalue weighted by Crippen LogP contribution is -2.31. The van der Waals surface area contributed by atoms with Gasteiger partial charge in [-0.2, -0.15) is 18.2 Å². The zero-order chi connectivity index (χ0) is 17.7. The molecule has 0 unspecified atom stereocenters. The number of aromatic nitrogens is 2. The minimum absolute atomic E-state index is 0.00861. The van der Waals surface area contributed by atoms with E-state index in [1.807, 2.05) is 0 Å². The number of amides is 2. The number of hydrogen-bond acceptors (Lipinski definition) is 5. The normalized spacial score (nSPS) is 12.5. The van der Waals surface area contributed by atoms with Gasteiger partial charge in [-0.1, -0.05) is 11.2 Å². The Morgan fingerprint density at radius 2 is 2.17 bits per heavy atom. The molecule has 1 aromatic carbocycles. The number of nitrogens with zero attached hydrogens (tertiary/aromatic N) is 2. The molecule has 2 rings (SSSR count). The van der Waals surface area contributed by atoms with E-state index in [9.17, 15) is 18.0 Å².